The number of unbranched alkanes of at least 4 members (excludes halogenated alkanes) is 1. The molecule has 0 saturated heterocycles. The molecule has 102 valence electrons. The lowest BCUT2D eigenvalue weighted by molar-refractivity contribution is 0.281. The van der Waals surface area contributed by atoms with Crippen LogP contribution in [0.2, 0.25) is 0 Å². The van der Waals surface area contributed by atoms with E-state index in [1.54, 1.807) is 0 Å². The van der Waals surface area contributed by atoms with Crippen LogP contribution in [0.15, 0.2) is 16.5 Å². The maximum absolute atomic E-state index is 8.73. The Hall–Kier alpha value is -0.840. The van der Waals surface area contributed by atoms with Crippen LogP contribution in [-0.4, -0.2) is 24.8 Å². The molecule has 0 amide bonds. The summed E-state index contributed by atoms with van der Waals surface area (Å²) in [6.07, 6.45) is 3.03. The quantitative estimate of drug-likeness (QED) is 0.617. The Kier molecular flexibility index (Phi) is 4.80. The number of nitrogens with two attached hydrogens (primary N) is 1. The molecule has 1 saturated carbocycles. The van der Waals surface area contributed by atoms with Crippen molar-refractivity contribution in [2.45, 2.75) is 38.1 Å². The summed E-state index contributed by atoms with van der Waals surface area (Å²) in [5.41, 5.74) is 5.78. The van der Waals surface area contributed by atoms with Gasteiger partial charge in [0.15, 0.2) is 0 Å². The Balaban J connectivity index is 1.85. The Morgan fingerprint density at radius 3 is 2.89 bits per heavy atom. The van der Waals surface area contributed by atoms with Crippen molar-refractivity contribution in [3.63, 3.8) is 0 Å². The minimum absolute atomic E-state index is 0.0894. The molecule has 1 fully saturated rings. The Labute approximate surface area is 109 Å². The minimum atomic E-state index is 0.0894. The van der Waals surface area contributed by atoms with Crippen LogP contribution in [0, 0.1) is 5.92 Å². The highest BCUT2D eigenvalue weighted by molar-refractivity contribution is 5.19. The number of rotatable bonds is 8. The van der Waals surface area contributed by atoms with Crippen LogP contribution >= 0.6 is 0 Å². The molecule has 0 bridgehead atoms. The van der Waals surface area contributed by atoms with E-state index >= 15 is 0 Å². The topological polar surface area (TPSA) is 71.4 Å². The van der Waals surface area contributed by atoms with E-state index in [-0.39, 0.29) is 12.6 Å². The zero-order chi connectivity index (χ0) is 13.0. The van der Waals surface area contributed by atoms with Crippen LogP contribution in [0.4, 0.5) is 0 Å². The second-order valence-electron chi connectivity index (χ2n) is 5.23. The van der Waals surface area contributed by atoms with Crippen molar-refractivity contribution >= 4 is 0 Å². The molecule has 0 radical (unpaired) electrons. The van der Waals surface area contributed by atoms with Crippen LogP contribution in [0.25, 0.3) is 0 Å². The molecule has 4 N–H and O–H groups in total. The average molecular weight is 252 g/mol. The van der Waals surface area contributed by atoms with Gasteiger partial charge in [-0.2, -0.15) is 0 Å². The highest BCUT2D eigenvalue weighted by atomic mass is 16.3. The maximum Gasteiger partial charge on any atom is 0.122 e. The first-order valence-electron chi connectivity index (χ1n) is 6.90. The van der Waals surface area contributed by atoms with Crippen molar-refractivity contribution in [1.29, 1.82) is 0 Å². The second-order valence-corrected chi connectivity index (χ2v) is 5.23. The standard InChI is InChI=1S/C14H24N2O2/c1-10-8-11(10)13-4-5-14(18-13)12(9-15)16-6-2-3-7-17/h4-5,10-12,16-17H,2-3,6-9,15H2,1H3. The fourth-order valence-electron chi connectivity index (χ4n) is 2.29. The second kappa shape index (κ2) is 6.36. The van der Waals surface area contributed by atoms with E-state index in [0.717, 1.165) is 36.8 Å². The van der Waals surface area contributed by atoms with Gasteiger partial charge in [0.05, 0.1) is 6.04 Å². The molecule has 1 aliphatic carbocycles. The number of aliphatic hydroxyl groups is 1. The van der Waals surface area contributed by atoms with E-state index in [1.807, 2.05) is 6.07 Å². The molecule has 1 heterocycles. The maximum atomic E-state index is 8.73. The molecule has 0 aromatic carbocycles. The number of hydrogen-bond donors (Lipinski definition) is 3. The van der Waals surface area contributed by atoms with E-state index in [4.69, 9.17) is 15.3 Å². The highest BCUT2D eigenvalue weighted by Crippen LogP contribution is 2.47. The molecule has 18 heavy (non-hydrogen) atoms. The number of hydrogen-bond acceptors (Lipinski definition) is 4. The Morgan fingerprint density at radius 2 is 2.28 bits per heavy atom. The van der Waals surface area contributed by atoms with Gasteiger partial charge in [0, 0.05) is 19.1 Å². The van der Waals surface area contributed by atoms with Crippen LogP contribution in [0.1, 0.15) is 49.7 Å². The van der Waals surface area contributed by atoms with Crippen molar-refractivity contribution < 1.29 is 9.52 Å². The fraction of sp³-hybridized carbons (Fsp3) is 0.714. The van der Waals surface area contributed by atoms with Crippen molar-refractivity contribution in [3.8, 4) is 0 Å². The van der Waals surface area contributed by atoms with Gasteiger partial charge in [-0.05, 0) is 43.9 Å². The largest absolute Gasteiger partial charge is 0.464 e. The summed E-state index contributed by atoms with van der Waals surface area (Å²) in [4.78, 5) is 0. The first-order chi connectivity index (χ1) is 8.76. The van der Waals surface area contributed by atoms with Gasteiger partial charge in [0.2, 0.25) is 0 Å². The van der Waals surface area contributed by atoms with Crippen molar-refractivity contribution in [1.82, 2.24) is 5.32 Å². The summed E-state index contributed by atoms with van der Waals surface area (Å²) in [5, 5.41) is 12.1. The zero-order valence-electron chi connectivity index (χ0n) is 11.1. The number of furan rings is 1. The van der Waals surface area contributed by atoms with Crippen LogP contribution < -0.4 is 11.1 Å². The van der Waals surface area contributed by atoms with Gasteiger partial charge in [-0.25, -0.2) is 0 Å². The Morgan fingerprint density at radius 1 is 1.50 bits per heavy atom. The smallest absolute Gasteiger partial charge is 0.122 e. The predicted molar refractivity (Wildman–Crippen MR) is 71.3 cm³/mol. The first kappa shape index (κ1) is 13.6. The zero-order valence-corrected chi connectivity index (χ0v) is 11.1. The van der Waals surface area contributed by atoms with E-state index < -0.39 is 0 Å². The molecular formula is C14H24N2O2. The van der Waals surface area contributed by atoms with Crippen molar-refractivity contribution in [3.05, 3.63) is 23.7 Å². The lowest BCUT2D eigenvalue weighted by Gasteiger charge is -2.14. The van der Waals surface area contributed by atoms with Crippen molar-refractivity contribution in [2.24, 2.45) is 11.7 Å². The lowest BCUT2D eigenvalue weighted by Crippen LogP contribution is -2.28. The van der Waals surface area contributed by atoms with Gasteiger partial charge in [0.1, 0.15) is 11.5 Å². The van der Waals surface area contributed by atoms with Gasteiger partial charge in [-0.15, -0.1) is 0 Å². The highest BCUT2D eigenvalue weighted by Gasteiger charge is 2.36. The van der Waals surface area contributed by atoms with Gasteiger partial charge in [-0.3, -0.25) is 0 Å². The molecule has 4 nitrogen and oxygen atoms in total. The van der Waals surface area contributed by atoms with Gasteiger partial charge >= 0.3 is 0 Å². The van der Waals surface area contributed by atoms with Gasteiger partial charge in [-0.1, -0.05) is 6.92 Å². The van der Waals surface area contributed by atoms with E-state index in [9.17, 15) is 0 Å². The SMILES string of the molecule is CC1CC1c1ccc(C(CN)NCCCCO)o1. The van der Waals surface area contributed by atoms with Crippen molar-refractivity contribution in [2.75, 3.05) is 19.7 Å². The molecule has 2 rings (SSSR count). The normalized spacial score (nSPS) is 24.2. The molecule has 4 heteroatoms. The fourth-order valence-corrected chi connectivity index (χ4v) is 2.29. The van der Waals surface area contributed by atoms with Gasteiger partial charge in [0.25, 0.3) is 0 Å². The summed E-state index contributed by atoms with van der Waals surface area (Å²) < 4.78 is 5.90. The molecule has 1 aliphatic rings. The van der Waals surface area contributed by atoms with E-state index in [1.165, 1.54) is 6.42 Å². The summed E-state index contributed by atoms with van der Waals surface area (Å²) in [5.74, 6) is 3.42. The van der Waals surface area contributed by atoms with Crippen LogP contribution in [0.5, 0.6) is 0 Å². The summed E-state index contributed by atoms with van der Waals surface area (Å²) in [7, 11) is 0. The molecule has 3 unspecified atom stereocenters. The summed E-state index contributed by atoms with van der Waals surface area (Å²) in [6, 6.07) is 4.21. The molecular weight excluding hydrogens is 228 g/mol. The molecule has 0 aliphatic heterocycles. The van der Waals surface area contributed by atoms with Crippen LogP contribution in [-0.2, 0) is 0 Å². The summed E-state index contributed by atoms with van der Waals surface area (Å²) in [6.45, 7) is 3.89. The molecule has 0 spiro atoms. The third-order valence-corrected chi connectivity index (χ3v) is 3.68. The van der Waals surface area contributed by atoms with Gasteiger partial charge < -0.3 is 20.6 Å². The molecule has 3 atom stereocenters. The third-order valence-electron chi connectivity index (χ3n) is 3.68. The first-order valence-corrected chi connectivity index (χ1v) is 6.90. The van der Waals surface area contributed by atoms with E-state index in [2.05, 4.69) is 18.3 Å². The van der Waals surface area contributed by atoms with Crippen LogP contribution in [0.3, 0.4) is 0 Å². The monoisotopic (exact) mass is 252 g/mol. The predicted octanol–water partition coefficient (Wildman–Crippen LogP) is 1.76. The number of nitrogens with one attached hydrogen (secondary N) is 1. The number of aliphatic hydroxyl groups excluding tert-OH is 1. The minimum Gasteiger partial charge on any atom is -0.464 e. The van der Waals surface area contributed by atoms with E-state index in [0.29, 0.717) is 12.5 Å². The lowest BCUT2D eigenvalue weighted by atomic mass is 10.2. The third kappa shape index (κ3) is 3.34. The average Bonchev–Trinajstić information content (AvgIpc) is 2.92. The Bertz CT molecular complexity index is 364. The summed E-state index contributed by atoms with van der Waals surface area (Å²) >= 11 is 0. The molecule has 1 aromatic heterocycles. The molecule has 1 aromatic rings.